The Bertz CT molecular complexity index is 977. The van der Waals surface area contributed by atoms with Gasteiger partial charge in [-0.1, -0.05) is 36.4 Å². The van der Waals surface area contributed by atoms with E-state index < -0.39 is 43.9 Å². The van der Waals surface area contributed by atoms with Gasteiger partial charge >= 0.3 is 0 Å². The first-order valence-corrected chi connectivity index (χ1v) is 9.51. The summed E-state index contributed by atoms with van der Waals surface area (Å²) in [5.74, 6) is -1.93. The van der Waals surface area contributed by atoms with Gasteiger partial charge in [0, 0.05) is 0 Å². The third-order valence-corrected chi connectivity index (χ3v) is 4.81. The van der Waals surface area contributed by atoms with Gasteiger partial charge in [0.25, 0.3) is 15.9 Å². The fourth-order valence-corrected chi connectivity index (χ4v) is 3.48. The van der Waals surface area contributed by atoms with E-state index in [0.717, 1.165) is 18.2 Å². The summed E-state index contributed by atoms with van der Waals surface area (Å²) in [5.41, 5.74) is -0.941. The van der Waals surface area contributed by atoms with E-state index in [1.807, 2.05) is 4.72 Å². The molecule has 0 heterocycles. The monoisotopic (exact) mass is 390 g/mol. The molecule has 6 nitrogen and oxygen atoms in total. The number of nitrogens with one attached hydrogen (secondary N) is 1. The zero-order chi connectivity index (χ0) is 20.2. The first kappa shape index (κ1) is 20.6. The third-order valence-electron chi connectivity index (χ3n) is 3.42. The number of benzene rings is 2. The van der Waals surface area contributed by atoms with Gasteiger partial charge in [-0.25, -0.2) is 17.5 Å². The van der Waals surface area contributed by atoms with Gasteiger partial charge in [0.2, 0.25) is 0 Å². The molecule has 8 heteroatoms. The largest absolute Gasteiger partial charge is 0.358 e. The zero-order valence-electron chi connectivity index (χ0n) is 15.1. The van der Waals surface area contributed by atoms with Crippen molar-refractivity contribution in [3.05, 3.63) is 65.5 Å². The summed E-state index contributed by atoms with van der Waals surface area (Å²) in [6, 6.07) is 13.1. The lowest BCUT2D eigenvalue weighted by Crippen LogP contribution is -2.38. The SMILES string of the molecule is CC(C)(C)O[C@@H](C(=O)NS(=O)(=O)c1cccc(F)c1C#N)c1ccccc1. The number of nitriles is 1. The number of amides is 1. The minimum absolute atomic E-state index is 0.458. The third kappa shape index (κ3) is 5.12. The first-order chi connectivity index (χ1) is 12.5. The average molecular weight is 390 g/mol. The normalized spacial score (nSPS) is 12.9. The molecule has 27 heavy (non-hydrogen) atoms. The molecule has 0 unspecified atom stereocenters. The maximum absolute atomic E-state index is 13.7. The van der Waals surface area contributed by atoms with Gasteiger partial charge in [-0.15, -0.1) is 0 Å². The van der Waals surface area contributed by atoms with Crippen LogP contribution in [0, 0.1) is 17.1 Å². The van der Waals surface area contributed by atoms with Crippen LogP contribution < -0.4 is 4.72 Å². The molecule has 0 bridgehead atoms. The summed E-state index contributed by atoms with van der Waals surface area (Å²) < 4.78 is 46.5. The summed E-state index contributed by atoms with van der Waals surface area (Å²) in [6.07, 6.45) is -1.21. The van der Waals surface area contributed by atoms with Crippen LogP contribution >= 0.6 is 0 Å². The van der Waals surface area contributed by atoms with E-state index in [-0.39, 0.29) is 0 Å². The number of ether oxygens (including phenoxy) is 1. The molecule has 2 aromatic carbocycles. The lowest BCUT2D eigenvalue weighted by molar-refractivity contribution is -0.141. The van der Waals surface area contributed by atoms with Gasteiger partial charge < -0.3 is 4.74 Å². The Morgan fingerprint density at radius 3 is 2.33 bits per heavy atom. The van der Waals surface area contributed by atoms with Gasteiger partial charge in [-0.3, -0.25) is 4.79 Å². The molecular weight excluding hydrogens is 371 g/mol. The van der Waals surface area contributed by atoms with Gasteiger partial charge in [-0.2, -0.15) is 5.26 Å². The van der Waals surface area contributed by atoms with E-state index in [0.29, 0.717) is 5.56 Å². The number of hydrogen-bond acceptors (Lipinski definition) is 5. The van der Waals surface area contributed by atoms with Crippen LogP contribution in [0.3, 0.4) is 0 Å². The second kappa shape index (κ2) is 7.86. The standard InChI is InChI=1S/C19H19FN2O4S/c1-19(2,3)26-17(13-8-5-4-6-9-13)18(23)22-27(24,25)16-11-7-10-15(20)14(16)12-21/h4-11,17H,1-3H3,(H,22,23)/t17-/m1/s1. The van der Waals surface area contributed by atoms with Crippen molar-refractivity contribution in [2.24, 2.45) is 0 Å². The van der Waals surface area contributed by atoms with Gasteiger partial charge in [0.1, 0.15) is 22.3 Å². The summed E-state index contributed by atoms with van der Waals surface area (Å²) in [4.78, 5) is 12.1. The van der Waals surface area contributed by atoms with Crippen molar-refractivity contribution >= 4 is 15.9 Å². The molecule has 0 aliphatic carbocycles. The topological polar surface area (TPSA) is 96.3 Å². The number of carbonyl (C=O) groups excluding carboxylic acids is 1. The molecule has 0 spiro atoms. The number of sulfonamides is 1. The first-order valence-electron chi connectivity index (χ1n) is 8.03. The van der Waals surface area contributed by atoms with Crippen LogP contribution in [0.5, 0.6) is 0 Å². The molecule has 1 amide bonds. The average Bonchev–Trinajstić information content (AvgIpc) is 2.59. The highest BCUT2D eigenvalue weighted by molar-refractivity contribution is 7.90. The van der Waals surface area contributed by atoms with Crippen molar-refractivity contribution in [2.75, 3.05) is 0 Å². The molecule has 1 atom stereocenters. The van der Waals surface area contributed by atoms with Crippen LogP contribution in [0.1, 0.15) is 38.0 Å². The lowest BCUT2D eigenvalue weighted by Gasteiger charge is -2.27. The highest BCUT2D eigenvalue weighted by Crippen LogP contribution is 2.25. The number of rotatable bonds is 5. The molecule has 142 valence electrons. The van der Waals surface area contributed by atoms with Crippen molar-refractivity contribution in [1.82, 2.24) is 4.72 Å². The lowest BCUT2D eigenvalue weighted by atomic mass is 10.1. The molecular formula is C19H19FN2O4S. The molecule has 0 fully saturated rings. The number of carbonyl (C=O) groups is 1. The van der Waals surface area contributed by atoms with Crippen LogP contribution in [0.25, 0.3) is 0 Å². The van der Waals surface area contributed by atoms with Crippen molar-refractivity contribution < 1.29 is 22.3 Å². The Labute approximate surface area is 157 Å². The summed E-state index contributed by atoms with van der Waals surface area (Å²) >= 11 is 0. The predicted molar refractivity (Wildman–Crippen MR) is 96.5 cm³/mol. The Balaban J connectivity index is 2.40. The maximum Gasteiger partial charge on any atom is 0.267 e. The Morgan fingerprint density at radius 2 is 1.78 bits per heavy atom. The number of nitrogens with zero attached hydrogens (tertiary/aromatic N) is 1. The maximum atomic E-state index is 13.7. The molecule has 0 saturated heterocycles. The molecule has 0 radical (unpaired) electrons. The van der Waals surface area contributed by atoms with Crippen LogP contribution in [-0.2, 0) is 19.6 Å². The van der Waals surface area contributed by atoms with Crippen molar-refractivity contribution in [3.63, 3.8) is 0 Å². The molecule has 2 rings (SSSR count). The van der Waals surface area contributed by atoms with Crippen LogP contribution in [0.2, 0.25) is 0 Å². The molecule has 0 aromatic heterocycles. The minimum atomic E-state index is -4.48. The zero-order valence-corrected chi connectivity index (χ0v) is 15.9. The number of hydrogen-bond donors (Lipinski definition) is 1. The second-order valence-corrected chi connectivity index (χ2v) is 8.37. The van der Waals surface area contributed by atoms with E-state index >= 15 is 0 Å². The summed E-state index contributed by atoms with van der Waals surface area (Å²) in [5, 5.41) is 9.04. The molecule has 2 aromatic rings. The second-order valence-electron chi connectivity index (χ2n) is 6.72. The van der Waals surface area contributed by atoms with Crippen molar-refractivity contribution in [2.45, 2.75) is 37.4 Å². The molecule has 0 aliphatic rings. The minimum Gasteiger partial charge on any atom is -0.358 e. The highest BCUT2D eigenvalue weighted by atomic mass is 32.2. The fraction of sp³-hybridized carbons (Fsp3) is 0.263. The Hall–Kier alpha value is -2.76. The van der Waals surface area contributed by atoms with E-state index in [2.05, 4.69) is 0 Å². The Morgan fingerprint density at radius 1 is 1.15 bits per heavy atom. The summed E-state index contributed by atoms with van der Waals surface area (Å²) in [7, 11) is -4.48. The molecule has 1 N–H and O–H groups in total. The fourth-order valence-electron chi connectivity index (χ4n) is 2.33. The predicted octanol–water partition coefficient (Wildman–Crippen LogP) is 3.06. The van der Waals surface area contributed by atoms with Crippen LogP contribution in [-0.4, -0.2) is 19.9 Å². The van der Waals surface area contributed by atoms with Crippen LogP contribution in [0.15, 0.2) is 53.4 Å². The van der Waals surface area contributed by atoms with E-state index in [1.54, 1.807) is 51.1 Å². The van der Waals surface area contributed by atoms with Gasteiger partial charge in [0.05, 0.1) is 5.60 Å². The highest BCUT2D eigenvalue weighted by Gasteiger charge is 2.31. The van der Waals surface area contributed by atoms with Gasteiger partial charge in [-0.05, 0) is 38.5 Å². The van der Waals surface area contributed by atoms with E-state index in [9.17, 15) is 17.6 Å². The number of halogens is 1. The Kier molecular flexibility index (Phi) is 5.98. The van der Waals surface area contributed by atoms with Crippen LogP contribution in [0.4, 0.5) is 4.39 Å². The molecule has 0 saturated carbocycles. The van der Waals surface area contributed by atoms with E-state index in [1.165, 1.54) is 6.07 Å². The summed E-state index contributed by atoms with van der Waals surface area (Å²) in [6.45, 7) is 5.18. The van der Waals surface area contributed by atoms with Crippen molar-refractivity contribution in [1.29, 1.82) is 5.26 Å². The van der Waals surface area contributed by atoms with Crippen molar-refractivity contribution in [3.8, 4) is 6.07 Å². The quantitative estimate of drug-likeness (QED) is 0.846. The molecule has 0 aliphatic heterocycles. The smallest absolute Gasteiger partial charge is 0.267 e. The van der Waals surface area contributed by atoms with Gasteiger partial charge in [0.15, 0.2) is 6.10 Å². The van der Waals surface area contributed by atoms with E-state index in [4.69, 9.17) is 10.00 Å².